The third-order valence-corrected chi connectivity index (χ3v) is 6.65. The summed E-state index contributed by atoms with van der Waals surface area (Å²) in [6.45, 7) is 3.63. The molecular weight excluding hydrogens is 444 g/mol. The summed E-state index contributed by atoms with van der Waals surface area (Å²) < 4.78 is 6.86. The van der Waals surface area contributed by atoms with Gasteiger partial charge in [0.15, 0.2) is 11.5 Å². The van der Waals surface area contributed by atoms with Crippen molar-refractivity contribution in [3.05, 3.63) is 69.1 Å². The average Bonchev–Trinajstić information content (AvgIpc) is 3.14. The van der Waals surface area contributed by atoms with E-state index in [-0.39, 0.29) is 29.4 Å². The number of aryl methyl sites for hydroxylation is 1. The highest BCUT2D eigenvalue weighted by molar-refractivity contribution is 6.30. The fraction of sp³-hybridized carbons (Fsp3) is 0.318. The molecule has 5 heterocycles. The second-order valence-corrected chi connectivity index (χ2v) is 8.89. The van der Waals surface area contributed by atoms with Gasteiger partial charge in [-0.1, -0.05) is 16.8 Å². The minimum absolute atomic E-state index is 0.120. The van der Waals surface area contributed by atoms with Gasteiger partial charge >= 0.3 is 0 Å². The van der Waals surface area contributed by atoms with Crippen molar-refractivity contribution in [2.75, 3.05) is 18.0 Å². The van der Waals surface area contributed by atoms with Gasteiger partial charge in [-0.15, -0.1) is 0 Å². The van der Waals surface area contributed by atoms with Crippen LogP contribution in [0.4, 0.5) is 5.82 Å². The van der Waals surface area contributed by atoms with Crippen LogP contribution in [-0.4, -0.2) is 42.7 Å². The number of aromatic nitrogens is 6. The van der Waals surface area contributed by atoms with Crippen molar-refractivity contribution in [3.8, 4) is 6.07 Å². The number of rotatable bonds is 4. The number of nitriles is 1. The first kappa shape index (κ1) is 19.8. The van der Waals surface area contributed by atoms with Crippen LogP contribution in [0.25, 0.3) is 11.0 Å². The summed E-state index contributed by atoms with van der Waals surface area (Å²) in [5.74, 6) is 3.06. The molecule has 2 unspecified atom stereocenters. The Morgan fingerprint density at radius 1 is 1.24 bits per heavy atom. The molecule has 0 N–H and O–H groups in total. The maximum absolute atomic E-state index is 13.0. The average molecular weight is 461 g/mol. The van der Waals surface area contributed by atoms with Crippen LogP contribution in [0, 0.1) is 30.1 Å². The lowest BCUT2D eigenvalue weighted by Crippen LogP contribution is -2.24. The normalized spacial score (nSPS) is 21.2. The minimum atomic E-state index is -0.262. The molecule has 1 saturated carbocycles. The van der Waals surface area contributed by atoms with E-state index in [2.05, 4.69) is 30.0 Å². The maximum atomic E-state index is 13.0. The highest BCUT2D eigenvalue weighted by atomic mass is 35.5. The van der Waals surface area contributed by atoms with Crippen molar-refractivity contribution >= 4 is 28.5 Å². The van der Waals surface area contributed by atoms with Crippen LogP contribution in [0.15, 0.2) is 40.0 Å². The Labute approximate surface area is 192 Å². The predicted molar refractivity (Wildman–Crippen MR) is 118 cm³/mol. The van der Waals surface area contributed by atoms with Gasteiger partial charge in [-0.3, -0.25) is 9.36 Å². The lowest BCUT2D eigenvalue weighted by atomic mass is 10.2. The molecule has 164 valence electrons. The molecule has 2 fully saturated rings. The molecule has 0 radical (unpaired) electrons. The van der Waals surface area contributed by atoms with Crippen LogP contribution in [0.3, 0.4) is 0 Å². The van der Waals surface area contributed by atoms with Gasteiger partial charge in [0.05, 0.1) is 5.39 Å². The first-order valence-electron chi connectivity index (χ1n) is 10.5. The molecule has 4 aromatic heterocycles. The topological polar surface area (TPSA) is 127 Å². The van der Waals surface area contributed by atoms with Crippen molar-refractivity contribution in [2.24, 2.45) is 11.8 Å². The Hall–Kier alpha value is -3.84. The zero-order valence-corrected chi connectivity index (χ0v) is 18.3. The van der Waals surface area contributed by atoms with Crippen molar-refractivity contribution in [1.82, 2.24) is 29.7 Å². The molecule has 0 aromatic carbocycles. The maximum Gasteiger partial charge on any atom is 0.263 e. The molecule has 1 aliphatic carbocycles. The largest absolute Gasteiger partial charge is 0.356 e. The molecule has 0 bridgehead atoms. The number of halogens is 1. The second-order valence-electron chi connectivity index (χ2n) is 8.45. The zero-order chi connectivity index (χ0) is 22.7. The van der Waals surface area contributed by atoms with E-state index in [0.717, 1.165) is 18.9 Å². The first-order chi connectivity index (χ1) is 16.0. The first-order valence-corrected chi connectivity index (χ1v) is 10.9. The molecule has 10 nitrogen and oxygen atoms in total. The van der Waals surface area contributed by atoms with Gasteiger partial charge in [0.2, 0.25) is 5.89 Å². The van der Waals surface area contributed by atoms with Gasteiger partial charge < -0.3 is 9.42 Å². The lowest BCUT2D eigenvalue weighted by molar-refractivity contribution is 0.363. The fourth-order valence-corrected chi connectivity index (χ4v) is 4.93. The summed E-state index contributed by atoms with van der Waals surface area (Å²) in [6, 6.07) is 7.20. The summed E-state index contributed by atoms with van der Waals surface area (Å²) in [4.78, 5) is 32.5. The molecule has 6 rings (SSSR count). The molecule has 33 heavy (non-hydrogen) atoms. The van der Waals surface area contributed by atoms with Gasteiger partial charge in [-0.25, -0.2) is 15.0 Å². The number of hydrogen-bond acceptors (Lipinski definition) is 9. The standard InChI is InChI=1S/C22H17ClN8O2/c1-11-4-13(6-24)27-20-18(11)22(32)31(10-26-20)9-17-28-21(29-33-17)19-14-7-30(8-15(14)19)16-5-12(23)2-3-25-16/h2-5,10,14-15,19H,7-9H2,1H3. The van der Waals surface area contributed by atoms with Crippen LogP contribution < -0.4 is 10.5 Å². The molecule has 11 heteroatoms. The number of fused-ring (bicyclic) bond motifs is 2. The third kappa shape index (κ3) is 3.32. The number of anilines is 1. The fourth-order valence-electron chi connectivity index (χ4n) is 4.78. The summed E-state index contributed by atoms with van der Waals surface area (Å²) in [6.07, 6.45) is 3.11. The Morgan fingerprint density at radius 2 is 2.06 bits per heavy atom. The van der Waals surface area contributed by atoms with Crippen molar-refractivity contribution in [3.63, 3.8) is 0 Å². The summed E-state index contributed by atoms with van der Waals surface area (Å²) >= 11 is 6.09. The summed E-state index contributed by atoms with van der Waals surface area (Å²) in [7, 11) is 0. The van der Waals surface area contributed by atoms with Crippen LogP contribution in [0.1, 0.15) is 28.9 Å². The van der Waals surface area contributed by atoms with E-state index in [9.17, 15) is 4.79 Å². The Kier molecular flexibility index (Phi) is 4.41. The van der Waals surface area contributed by atoms with Gasteiger partial charge in [0.1, 0.15) is 30.5 Å². The molecule has 0 spiro atoms. The highest BCUT2D eigenvalue weighted by Gasteiger charge is 2.58. The van der Waals surface area contributed by atoms with E-state index in [1.165, 1.54) is 10.9 Å². The number of nitrogens with zero attached hydrogens (tertiary/aromatic N) is 8. The molecule has 1 aliphatic heterocycles. The van der Waals surface area contributed by atoms with Crippen molar-refractivity contribution < 1.29 is 4.52 Å². The SMILES string of the molecule is Cc1cc(C#N)nc2ncn(Cc3nc(C4C5CN(c6cc(Cl)ccn6)CC54)no3)c(=O)c12. The number of pyridine rings is 2. The number of hydrogen-bond donors (Lipinski definition) is 0. The second kappa shape index (κ2) is 7.35. The molecule has 2 aliphatic rings. The Bertz CT molecular complexity index is 1490. The van der Waals surface area contributed by atoms with Gasteiger partial charge in [-0.2, -0.15) is 10.2 Å². The van der Waals surface area contributed by atoms with Crippen molar-refractivity contribution in [1.29, 1.82) is 5.26 Å². The smallest absolute Gasteiger partial charge is 0.263 e. The van der Waals surface area contributed by atoms with E-state index in [4.69, 9.17) is 21.4 Å². The molecule has 0 amide bonds. The van der Waals surface area contributed by atoms with Crippen molar-refractivity contribution in [2.45, 2.75) is 19.4 Å². The zero-order valence-electron chi connectivity index (χ0n) is 17.5. The van der Waals surface area contributed by atoms with E-state index in [0.29, 0.717) is 39.5 Å². The van der Waals surface area contributed by atoms with E-state index < -0.39 is 0 Å². The predicted octanol–water partition coefficient (Wildman–Crippen LogP) is 2.30. The Morgan fingerprint density at radius 3 is 2.82 bits per heavy atom. The van der Waals surface area contributed by atoms with Gasteiger partial charge in [0, 0.05) is 30.2 Å². The molecule has 2 atom stereocenters. The number of piperidine rings is 1. The lowest BCUT2D eigenvalue weighted by Gasteiger charge is -2.20. The molecule has 1 saturated heterocycles. The minimum Gasteiger partial charge on any atom is -0.356 e. The highest BCUT2D eigenvalue weighted by Crippen LogP contribution is 2.57. The summed E-state index contributed by atoms with van der Waals surface area (Å²) in [5.41, 5.74) is 0.871. The monoisotopic (exact) mass is 460 g/mol. The van der Waals surface area contributed by atoms with E-state index >= 15 is 0 Å². The summed E-state index contributed by atoms with van der Waals surface area (Å²) in [5, 5.41) is 14.3. The van der Waals surface area contributed by atoms with E-state index in [1.54, 1.807) is 25.3 Å². The third-order valence-electron chi connectivity index (χ3n) is 6.42. The van der Waals surface area contributed by atoms with E-state index in [1.807, 2.05) is 12.1 Å². The van der Waals surface area contributed by atoms with Crippen LogP contribution >= 0.6 is 11.6 Å². The van der Waals surface area contributed by atoms with Crippen LogP contribution in [0.5, 0.6) is 0 Å². The molecule has 4 aromatic rings. The quantitative estimate of drug-likeness (QED) is 0.450. The van der Waals surface area contributed by atoms with Crippen LogP contribution in [0.2, 0.25) is 5.02 Å². The van der Waals surface area contributed by atoms with Gasteiger partial charge in [0.25, 0.3) is 5.56 Å². The van der Waals surface area contributed by atoms with Gasteiger partial charge in [-0.05, 0) is 42.5 Å². The van der Waals surface area contributed by atoms with Crippen LogP contribution in [-0.2, 0) is 6.54 Å². The molecular formula is C22H17ClN8O2. The Balaban J connectivity index is 1.18.